The molecule has 2 saturated carbocycles. The number of carbonyl (C=O) groups is 2. The second-order valence-electron chi connectivity index (χ2n) is 7.34. The van der Waals surface area contributed by atoms with Crippen LogP contribution in [0.4, 0.5) is 5.69 Å². The highest BCUT2D eigenvalue weighted by molar-refractivity contribution is 6.06. The van der Waals surface area contributed by atoms with E-state index in [1.165, 1.54) is 17.0 Å². The summed E-state index contributed by atoms with van der Waals surface area (Å²) in [4.78, 5) is 37.3. The maximum absolute atomic E-state index is 12.8. The lowest BCUT2D eigenvalue weighted by Crippen LogP contribution is -2.40. The average Bonchev–Trinajstić information content (AvgIpc) is 3.36. The average molecular weight is 324 g/mol. The van der Waals surface area contributed by atoms with Gasteiger partial charge in [0.2, 0.25) is 11.8 Å². The number of imide groups is 1. The molecule has 6 atom stereocenters. The van der Waals surface area contributed by atoms with Crippen molar-refractivity contribution in [2.45, 2.75) is 13.0 Å². The molecule has 5 aliphatic rings. The number of benzene rings is 1. The first-order valence-corrected chi connectivity index (χ1v) is 8.33. The number of hydrogen-bond donors (Lipinski definition) is 0. The second-order valence-corrected chi connectivity index (χ2v) is 7.34. The van der Waals surface area contributed by atoms with Crippen molar-refractivity contribution in [3.05, 3.63) is 52.1 Å². The van der Waals surface area contributed by atoms with Gasteiger partial charge in [0.25, 0.3) is 5.69 Å². The van der Waals surface area contributed by atoms with Gasteiger partial charge < -0.3 is 0 Å². The summed E-state index contributed by atoms with van der Waals surface area (Å²) in [7, 11) is 0. The van der Waals surface area contributed by atoms with Crippen molar-refractivity contribution in [1.82, 2.24) is 4.90 Å². The molecule has 0 unspecified atom stereocenters. The van der Waals surface area contributed by atoms with Crippen LogP contribution in [0.3, 0.4) is 0 Å². The number of hydrogen-bond acceptors (Lipinski definition) is 4. The molecule has 1 aliphatic heterocycles. The molecule has 1 aromatic rings. The summed E-state index contributed by atoms with van der Waals surface area (Å²) in [5.74, 6) is 1.14. The number of rotatable bonds is 3. The number of allylic oxidation sites excluding steroid dienone is 2. The highest BCUT2D eigenvalue weighted by Crippen LogP contribution is 2.65. The topological polar surface area (TPSA) is 80.5 Å². The molecule has 6 rings (SSSR count). The predicted molar refractivity (Wildman–Crippen MR) is 83.4 cm³/mol. The highest BCUT2D eigenvalue weighted by atomic mass is 16.6. The van der Waals surface area contributed by atoms with E-state index in [1.807, 2.05) is 0 Å². The molecule has 1 heterocycles. The third-order valence-corrected chi connectivity index (χ3v) is 6.24. The molecular weight excluding hydrogens is 308 g/mol. The lowest BCUT2D eigenvalue weighted by Gasteiger charge is -2.37. The molecule has 1 aromatic carbocycles. The van der Waals surface area contributed by atoms with E-state index < -0.39 is 4.92 Å². The fourth-order valence-electron chi connectivity index (χ4n) is 5.08. The quantitative estimate of drug-likeness (QED) is 0.369. The van der Waals surface area contributed by atoms with E-state index in [1.54, 1.807) is 12.1 Å². The molecule has 6 nitrogen and oxygen atoms in total. The first-order chi connectivity index (χ1) is 11.6. The van der Waals surface area contributed by atoms with Gasteiger partial charge in [-0.15, -0.1) is 0 Å². The molecule has 0 N–H and O–H groups in total. The van der Waals surface area contributed by atoms with Crippen LogP contribution in [0.1, 0.15) is 12.0 Å². The van der Waals surface area contributed by atoms with Crippen LogP contribution < -0.4 is 0 Å². The van der Waals surface area contributed by atoms with E-state index in [4.69, 9.17) is 0 Å². The van der Waals surface area contributed by atoms with Gasteiger partial charge in [-0.25, -0.2) is 0 Å². The third kappa shape index (κ3) is 1.71. The van der Waals surface area contributed by atoms with E-state index in [0.29, 0.717) is 11.8 Å². The first-order valence-electron chi connectivity index (χ1n) is 8.33. The Kier molecular flexibility index (Phi) is 2.62. The molecular formula is C18H16N2O4. The van der Waals surface area contributed by atoms with Gasteiger partial charge in [0.15, 0.2) is 0 Å². The SMILES string of the molecule is O=C1[C@@H]2[C@H]3C=C[C@@H]([C@@H]4C[C@H]34)[C@@H]2C(=O)N1Cc1ccc([N+](=O)[O-])cc1. The molecule has 122 valence electrons. The van der Waals surface area contributed by atoms with Gasteiger partial charge in [-0.2, -0.15) is 0 Å². The van der Waals surface area contributed by atoms with Gasteiger partial charge in [0.05, 0.1) is 23.3 Å². The second kappa shape index (κ2) is 4.53. The van der Waals surface area contributed by atoms with Crippen LogP contribution in [0.15, 0.2) is 36.4 Å². The Balaban J connectivity index is 1.41. The van der Waals surface area contributed by atoms with Crippen molar-refractivity contribution in [3.63, 3.8) is 0 Å². The predicted octanol–water partition coefficient (Wildman–Crippen LogP) is 2.15. The van der Waals surface area contributed by atoms with Crippen LogP contribution in [-0.4, -0.2) is 21.6 Å². The van der Waals surface area contributed by atoms with Gasteiger partial charge in [-0.05, 0) is 35.7 Å². The molecule has 1 saturated heterocycles. The molecule has 6 heteroatoms. The number of nitro groups is 1. The minimum Gasteiger partial charge on any atom is -0.278 e. The van der Waals surface area contributed by atoms with Crippen molar-refractivity contribution >= 4 is 17.5 Å². The summed E-state index contributed by atoms with van der Waals surface area (Å²) in [5, 5.41) is 10.7. The zero-order valence-corrected chi connectivity index (χ0v) is 12.9. The number of non-ortho nitro benzene ring substituents is 1. The van der Waals surface area contributed by atoms with Crippen LogP contribution in [0.2, 0.25) is 0 Å². The lowest BCUT2D eigenvalue weighted by molar-refractivity contribution is -0.384. The minimum absolute atomic E-state index is 0.00817. The Bertz CT molecular complexity index is 764. The van der Waals surface area contributed by atoms with Crippen molar-refractivity contribution in [3.8, 4) is 0 Å². The zero-order chi connectivity index (χ0) is 16.6. The Morgan fingerprint density at radius 1 is 1.00 bits per heavy atom. The number of nitro benzene ring substituents is 1. The summed E-state index contributed by atoms with van der Waals surface area (Å²) in [5.41, 5.74) is 0.750. The van der Waals surface area contributed by atoms with Gasteiger partial charge in [-0.1, -0.05) is 24.3 Å². The number of carbonyl (C=O) groups excluding carboxylic acids is 2. The summed E-state index contributed by atoms with van der Waals surface area (Å²) < 4.78 is 0. The molecule has 2 bridgehead atoms. The van der Waals surface area contributed by atoms with Crippen molar-refractivity contribution in [2.24, 2.45) is 35.5 Å². The smallest absolute Gasteiger partial charge is 0.269 e. The van der Waals surface area contributed by atoms with Crippen molar-refractivity contribution in [2.75, 3.05) is 0 Å². The number of nitrogens with zero attached hydrogens (tertiary/aromatic N) is 2. The van der Waals surface area contributed by atoms with E-state index in [2.05, 4.69) is 12.2 Å². The lowest BCUT2D eigenvalue weighted by atomic mass is 9.63. The standard InChI is InChI=1S/C18H16N2O4/c21-17-15-11-5-6-12(14-7-13(11)14)16(15)18(22)19(17)8-9-1-3-10(4-2-9)20(23)24/h1-6,11-16H,7-8H2/t11-,12-,13-,14+,15-,16+/m0/s1. The Morgan fingerprint density at radius 3 is 2.04 bits per heavy atom. The molecule has 24 heavy (non-hydrogen) atoms. The largest absolute Gasteiger partial charge is 0.278 e. The van der Waals surface area contributed by atoms with Crippen LogP contribution in [-0.2, 0) is 16.1 Å². The van der Waals surface area contributed by atoms with E-state index >= 15 is 0 Å². The molecule has 4 aliphatic carbocycles. The van der Waals surface area contributed by atoms with Crippen LogP contribution in [0.5, 0.6) is 0 Å². The molecule has 3 fully saturated rings. The Hall–Kier alpha value is -2.50. The summed E-state index contributed by atoms with van der Waals surface area (Å²) in [6, 6.07) is 6.05. The molecule has 0 aromatic heterocycles. The molecule has 0 spiro atoms. The maximum Gasteiger partial charge on any atom is 0.269 e. The maximum atomic E-state index is 12.8. The summed E-state index contributed by atoms with van der Waals surface area (Å²) in [6.45, 7) is 0.206. The van der Waals surface area contributed by atoms with Gasteiger partial charge in [0, 0.05) is 12.1 Å². The third-order valence-electron chi connectivity index (χ3n) is 6.24. The van der Waals surface area contributed by atoms with Gasteiger partial charge in [-0.3, -0.25) is 24.6 Å². The molecule has 0 radical (unpaired) electrons. The molecule has 2 amide bonds. The fraction of sp³-hybridized carbons (Fsp3) is 0.444. The van der Waals surface area contributed by atoms with Gasteiger partial charge in [0.1, 0.15) is 0 Å². The highest BCUT2D eigenvalue weighted by Gasteiger charge is 2.66. The van der Waals surface area contributed by atoms with Crippen LogP contribution >= 0.6 is 0 Å². The van der Waals surface area contributed by atoms with Crippen LogP contribution in [0, 0.1) is 45.6 Å². The van der Waals surface area contributed by atoms with E-state index in [-0.39, 0.29) is 47.7 Å². The summed E-state index contributed by atoms with van der Waals surface area (Å²) >= 11 is 0. The number of likely N-dealkylation sites (tertiary alicyclic amines) is 1. The fourth-order valence-corrected chi connectivity index (χ4v) is 5.08. The van der Waals surface area contributed by atoms with Crippen molar-refractivity contribution in [1.29, 1.82) is 0 Å². The Labute approximate surface area is 138 Å². The van der Waals surface area contributed by atoms with Crippen molar-refractivity contribution < 1.29 is 14.5 Å². The normalized spacial score (nSPS) is 38.2. The van der Waals surface area contributed by atoms with Crippen LogP contribution in [0.25, 0.3) is 0 Å². The monoisotopic (exact) mass is 324 g/mol. The zero-order valence-electron chi connectivity index (χ0n) is 12.9. The van der Waals surface area contributed by atoms with E-state index in [0.717, 1.165) is 12.0 Å². The van der Waals surface area contributed by atoms with Gasteiger partial charge >= 0.3 is 0 Å². The van der Waals surface area contributed by atoms with E-state index in [9.17, 15) is 19.7 Å². The minimum atomic E-state index is -0.458. The summed E-state index contributed by atoms with van der Waals surface area (Å²) in [6.07, 6.45) is 5.46. The number of amides is 2. The first kappa shape index (κ1) is 13.9. The Morgan fingerprint density at radius 2 is 1.54 bits per heavy atom.